The molecule has 6 heteroatoms. The number of amides is 1. The first-order chi connectivity index (χ1) is 9.06. The van der Waals surface area contributed by atoms with E-state index < -0.39 is 29.5 Å². The topological polar surface area (TPSA) is 81.7 Å². The molecule has 0 aromatic heterocycles. The van der Waals surface area contributed by atoms with Crippen LogP contribution in [0.1, 0.15) is 34.6 Å². The first-order valence-electron chi connectivity index (χ1n) is 6.36. The van der Waals surface area contributed by atoms with E-state index in [1.54, 1.807) is 34.6 Å². The fraction of sp³-hybridized carbons (Fsp3) is 0.643. The predicted octanol–water partition coefficient (Wildman–Crippen LogP) is 1.83. The van der Waals surface area contributed by atoms with E-state index in [0.29, 0.717) is 0 Å². The molecule has 0 spiro atoms. The molecule has 1 amide bonds. The van der Waals surface area contributed by atoms with Crippen molar-refractivity contribution in [3.05, 3.63) is 12.2 Å². The standard InChI is InChI=1S/C14H23NO5/c1-9(2)12(10(16)7-8-11(17)19-6)15-13(18)20-14(3,4)5/h7-9,12H,1-6H3,(H,15,18)/b8-7+/t12-/m0/s1. The Hall–Kier alpha value is -1.85. The van der Waals surface area contributed by atoms with E-state index in [2.05, 4.69) is 10.1 Å². The summed E-state index contributed by atoms with van der Waals surface area (Å²) in [5, 5.41) is 2.50. The van der Waals surface area contributed by atoms with Gasteiger partial charge in [0, 0.05) is 6.08 Å². The summed E-state index contributed by atoms with van der Waals surface area (Å²) in [7, 11) is 1.22. The maximum Gasteiger partial charge on any atom is 0.408 e. The van der Waals surface area contributed by atoms with Crippen molar-refractivity contribution >= 4 is 17.8 Å². The van der Waals surface area contributed by atoms with Gasteiger partial charge in [0.2, 0.25) is 0 Å². The highest BCUT2D eigenvalue weighted by atomic mass is 16.6. The van der Waals surface area contributed by atoms with Crippen molar-refractivity contribution in [1.82, 2.24) is 5.32 Å². The number of carbonyl (C=O) groups is 3. The molecule has 6 nitrogen and oxygen atoms in total. The maximum atomic E-state index is 11.9. The molecule has 0 aliphatic carbocycles. The summed E-state index contributed by atoms with van der Waals surface area (Å²) < 4.78 is 9.50. The minimum absolute atomic E-state index is 0.141. The maximum absolute atomic E-state index is 11.9. The van der Waals surface area contributed by atoms with E-state index in [4.69, 9.17) is 4.74 Å². The zero-order chi connectivity index (χ0) is 15.9. The molecule has 1 N–H and O–H groups in total. The Morgan fingerprint density at radius 2 is 1.65 bits per heavy atom. The fourth-order valence-corrected chi connectivity index (χ4v) is 1.32. The smallest absolute Gasteiger partial charge is 0.408 e. The number of rotatable bonds is 5. The number of ether oxygens (including phenoxy) is 2. The molecule has 0 heterocycles. The number of ketones is 1. The molecule has 0 aromatic carbocycles. The van der Waals surface area contributed by atoms with Gasteiger partial charge in [-0.2, -0.15) is 0 Å². The summed E-state index contributed by atoms with van der Waals surface area (Å²) in [6, 6.07) is -0.759. The third kappa shape index (κ3) is 7.56. The van der Waals surface area contributed by atoms with E-state index >= 15 is 0 Å². The summed E-state index contributed by atoms with van der Waals surface area (Å²) in [4.78, 5) is 34.6. The number of methoxy groups -OCH3 is 1. The first kappa shape index (κ1) is 18.1. The Balaban J connectivity index is 4.74. The van der Waals surface area contributed by atoms with Crippen LogP contribution in [0.2, 0.25) is 0 Å². The summed E-state index contributed by atoms with van der Waals surface area (Å²) >= 11 is 0. The van der Waals surface area contributed by atoms with E-state index in [-0.39, 0.29) is 5.92 Å². The van der Waals surface area contributed by atoms with Gasteiger partial charge in [-0.1, -0.05) is 13.8 Å². The number of hydrogen-bond donors (Lipinski definition) is 1. The van der Waals surface area contributed by atoms with Crippen LogP contribution in [0, 0.1) is 5.92 Å². The second-order valence-corrected chi connectivity index (χ2v) is 5.63. The summed E-state index contributed by atoms with van der Waals surface area (Å²) in [5.74, 6) is -1.16. The molecule has 1 atom stereocenters. The lowest BCUT2D eigenvalue weighted by Crippen LogP contribution is -2.45. The lowest BCUT2D eigenvalue weighted by Gasteiger charge is -2.24. The molecule has 0 bridgehead atoms. The largest absolute Gasteiger partial charge is 0.466 e. The van der Waals surface area contributed by atoms with Gasteiger partial charge in [0.1, 0.15) is 5.60 Å². The molecule has 0 saturated carbocycles. The van der Waals surface area contributed by atoms with Gasteiger partial charge in [0.05, 0.1) is 13.2 Å². The fourth-order valence-electron chi connectivity index (χ4n) is 1.32. The van der Waals surface area contributed by atoms with E-state index in [1.807, 2.05) is 0 Å². The summed E-state index contributed by atoms with van der Waals surface area (Å²) in [6.45, 7) is 8.76. The zero-order valence-corrected chi connectivity index (χ0v) is 12.9. The van der Waals surface area contributed by atoms with Gasteiger partial charge in [-0.05, 0) is 32.8 Å². The van der Waals surface area contributed by atoms with Crippen LogP contribution in [-0.2, 0) is 19.1 Å². The average Bonchev–Trinajstić information content (AvgIpc) is 2.29. The van der Waals surface area contributed by atoms with Crippen LogP contribution in [0.4, 0.5) is 4.79 Å². The van der Waals surface area contributed by atoms with Crippen molar-refractivity contribution in [3.63, 3.8) is 0 Å². The highest BCUT2D eigenvalue weighted by molar-refractivity contribution is 6.00. The van der Waals surface area contributed by atoms with Gasteiger partial charge in [-0.25, -0.2) is 9.59 Å². The Bertz CT molecular complexity index is 393. The Labute approximate surface area is 119 Å². The molecule has 0 aliphatic rings. The van der Waals surface area contributed by atoms with Gasteiger partial charge in [0.25, 0.3) is 0 Å². The van der Waals surface area contributed by atoms with Crippen LogP contribution in [0.3, 0.4) is 0 Å². The molecule has 114 valence electrons. The number of carbonyl (C=O) groups excluding carboxylic acids is 3. The van der Waals surface area contributed by atoms with E-state index in [9.17, 15) is 14.4 Å². The molecule has 20 heavy (non-hydrogen) atoms. The lowest BCUT2D eigenvalue weighted by atomic mass is 10.00. The molecule has 0 fully saturated rings. The highest BCUT2D eigenvalue weighted by Crippen LogP contribution is 2.09. The molecule has 0 unspecified atom stereocenters. The first-order valence-corrected chi connectivity index (χ1v) is 6.36. The lowest BCUT2D eigenvalue weighted by molar-refractivity contribution is -0.135. The van der Waals surface area contributed by atoms with Crippen molar-refractivity contribution < 1.29 is 23.9 Å². The number of nitrogens with one attached hydrogen (secondary N) is 1. The van der Waals surface area contributed by atoms with Gasteiger partial charge in [-0.15, -0.1) is 0 Å². The Kier molecular flexibility index (Phi) is 6.96. The molecular formula is C14H23NO5. The van der Waals surface area contributed by atoms with E-state index in [0.717, 1.165) is 12.2 Å². The Morgan fingerprint density at radius 3 is 2.05 bits per heavy atom. The Morgan fingerprint density at radius 1 is 1.10 bits per heavy atom. The van der Waals surface area contributed by atoms with Crippen LogP contribution in [0.25, 0.3) is 0 Å². The van der Waals surface area contributed by atoms with Crippen LogP contribution in [0.5, 0.6) is 0 Å². The average molecular weight is 285 g/mol. The molecule has 0 rings (SSSR count). The number of alkyl carbamates (subject to hydrolysis) is 1. The van der Waals surface area contributed by atoms with Gasteiger partial charge in [-0.3, -0.25) is 4.79 Å². The van der Waals surface area contributed by atoms with Crippen molar-refractivity contribution in [2.75, 3.05) is 7.11 Å². The monoisotopic (exact) mass is 285 g/mol. The minimum Gasteiger partial charge on any atom is -0.466 e. The van der Waals surface area contributed by atoms with Crippen LogP contribution in [-0.4, -0.2) is 36.6 Å². The number of hydrogen-bond acceptors (Lipinski definition) is 5. The summed E-state index contributed by atoms with van der Waals surface area (Å²) in [5.41, 5.74) is -0.642. The van der Waals surface area contributed by atoms with Crippen molar-refractivity contribution in [3.8, 4) is 0 Å². The van der Waals surface area contributed by atoms with Crippen LogP contribution in [0.15, 0.2) is 12.2 Å². The molecular weight excluding hydrogens is 262 g/mol. The van der Waals surface area contributed by atoms with Crippen molar-refractivity contribution in [1.29, 1.82) is 0 Å². The predicted molar refractivity (Wildman–Crippen MR) is 74.2 cm³/mol. The van der Waals surface area contributed by atoms with Gasteiger partial charge >= 0.3 is 12.1 Å². The van der Waals surface area contributed by atoms with Gasteiger partial charge < -0.3 is 14.8 Å². The summed E-state index contributed by atoms with van der Waals surface area (Å²) in [6.07, 6.45) is 1.44. The molecule has 0 aromatic rings. The molecule has 0 aliphatic heterocycles. The van der Waals surface area contributed by atoms with Crippen molar-refractivity contribution in [2.45, 2.75) is 46.3 Å². The normalized spacial score (nSPS) is 13.2. The van der Waals surface area contributed by atoms with Gasteiger partial charge in [0.15, 0.2) is 5.78 Å². The highest BCUT2D eigenvalue weighted by Gasteiger charge is 2.25. The minimum atomic E-state index is -0.759. The second kappa shape index (κ2) is 7.67. The van der Waals surface area contributed by atoms with Crippen LogP contribution >= 0.6 is 0 Å². The molecule has 0 radical (unpaired) electrons. The quantitative estimate of drug-likeness (QED) is 0.615. The third-order valence-corrected chi connectivity index (χ3v) is 2.23. The van der Waals surface area contributed by atoms with Crippen molar-refractivity contribution in [2.24, 2.45) is 5.92 Å². The number of esters is 1. The van der Waals surface area contributed by atoms with Crippen LogP contribution < -0.4 is 5.32 Å². The van der Waals surface area contributed by atoms with E-state index in [1.165, 1.54) is 7.11 Å². The second-order valence-electron chi connectivity index (χ2n) is 5.63. The third-order valence-electron chi connectivity index (χ3n) is 2.23. The zero-order valence-electron chi connectivity index (χ0n) is 12.9. The molecule has 0 saturated heterocycles. The SMILES string of the molecule is COC(=O)/C=C/C(=O)[C@@H](NC(=O)OC(C)(C)C)C(C)C.